The average molecular weight is 525 g/mol. The number of halogens is 1. The van der Waals surface area contributed by atoms with Crippen LogP contribution in [0.15, 0.2) is 41.7 Å². The van der Waals surface area contributed by atoms with Crippen LogP contribution in [-0.2, 0) is 24.8 Å². The minimum atomic E-state index is 0. The Balaban J connectivity index is 0.00000320. The van der Waals surface area contributed by atoms with E-state index >= 15 is 0 Å². The van der Waals surface area contributed by atoms with Crippen molar-refractivity contribution in [1.29, 1.82) is 0 Å². The quantitative estimate of drug-likeness (QED) is 0.328. The van der Waals surface area contributed by atoms with Crippen molar-refractivity contribution in [2.24, 2.45) is 18.0 Å². The zero-order chi connectivity index (χ0) is 20.5. The van der Waals surface area contributed by atoms with Gasteiger partial charge in [-0.15, -0.1) is 24.0 Å². The lowest BCUT2D eigenvalue weighted by atomic mass is 9.90. The molecule has 2 N–H and O–H groups in total. The first-order chi connectivity index (χ1) is 14.2. The SMILES string of the molecule is CCNC(=NCc1ncnn1C)NCC(=O)N1CCC(Cc2ccccc2)CC1.I. The van der Waals surface area contributed by atoms with Crippen LogP contribution in [0.5, 0.6) is 0 Å². The lowest BCUT2D eigenvalue weighted by Gasteiger charge is -2.32. The number of nitrogens with zero attached hydrogens (tertiary/aromatic N) is 5. The van der Waals surface area contributed by atoms with E-state index in [4.69, 9.17) is 0 Å². The second-order valence-corrected chi connectivity index (χ2v) is 7.36. The first kappa shape index (κ1) is 24.1. The molecule has 0 saturated carbocycles. The minimum absolute atomic E-state index is 0. The zero-order valence-electron chi connectivity index (χ0n) is 17.8. The van der Waals surface area contributed by atoms with Crippen molar-refractivity contribution in [2.45, 2.75) is 32.7 Å². The maximum atomic E-state index is 12.6. The summed E-state index contributed by atoms with van der Waals surface area (Å²) < 4.78 is 1.69. The van der Waals surface area contributed by atoms with Crippen molar-refractivity contribution in [3.63, 3.8) is 0 Å². The molecule has 1 fully saturated rings. The Morgan fingerprint density at radius 1 is 1.20 bits per heavy atom. The molecule has 1 aromatic heterocycles. The van der Waals surface area contributed by atoms with Gasteiger partial charge in [-0.2, -0.15) is 5.10 Å². The summed E-state index contributed by atoms with van der Waals surface area (Å²) in [5, 5.41) is 10.4. The molecule has 0 bridgehead atoms. The first-order valence-electron chi connectivity index (χ1n) is 10.3. The van der Waals surface area contributed by atoms with E-state index in [9.17, 15) is 4.79 Å². The molecule has 1 amide bonds. The van der Waals surface area contributed by atoms with Crippen molar-refractivity contribution in [3.05, 3.63) is 48.0 Å². The molecule has 164 valence electrons. The Morgan fingerprint density at radius 2 is 1.93 bits per heavy atom. The zero-order valence-corrected chi connectivity index (χ0v) is 20.1. The third-order valence-corrected chi connectivity index (χ3v) is 5.27. The number of hydrogen-bond acceptors (Lipinski definition) is 4. The maximum Gasteiger partial charge on any atom is 0.241 e. The predicted molar refractivity (Wildman–Crippen MR) is 129 cm³/mol. The summed E-state index contributed by atoms with van der Waals surface area (Å²) in [6, 6.07) is 10.6. The molecule has 0 unspecified atom stereocenters. The van der Waals surface area contributed by atoms with Gasteiger partial charge in [0, 0.05) is 26.7 Å². The number of benzene rings is 1. The normalized spacial score (nSPS) is 14.9. The molecule has 0 spiro atoms. The summed E-state index contributed by atoms with van der Waals surface area (Å²) in [6.07, 6.45) is 4.72. The second-order valence-electron chi connectivity index (χ2n) is 7.36. The van der Waals surface area contributed by atoms with Crippen molar-refractivity contribution < 1.29 is 4.79 Å². The van der Waals surface area contributed by atoms with Crippen molar-refractivity contribution >= 4 is 35.8 Å². The second kappa shape index (κ2) is 12.5. The minimum Gasteiger partial charge on any atom is -0.357 e. The van der Waals surface area contributed by atoms with Gasteiger partial charge < -0.3 is 15.5 Å². The van der Waals surface area contributed by atoms with Crippen LogP contribution >= 0.6 is 24.0 Å². The molecule has 0 atom stereocenters. The number of carbonyl (C=O) groups excluding carboxylic acids is 1. The number of carbonyl (C=O) groups is 1. The van der Waals surface area contributed by atoms with Gasteiger partial charge in [0.2, 0.25) is 5.91 Å². The van der Waals surface area contributed by atoms with E-state index in [2.05, 4.69) is 56.0 Å². The molecular weight excluding hydrogens is 493 g/mol. The summed E-state index contributed by atoms with van der Waals surface area (Å²) in [7, 11) is 1.84. The number of hydrogen-bond donors (Lipinski definition) is 2. The van der Waals surface area contributed by atoms with Crippen molar-refractivity contribution in [2.75, 3.05) is 26.2 Å². The Morgan fingerprint density at radius 3 is 2.57 bits per heavy atom. The van der Waals surface area contributed by atoms with E-state index in [1.54, 1.807) is 4.68 Å². The van der Waals surface area contributed by atoms with E-state index in [0.29, 0.717) is 18.4 Å². The number of piperidine rings is 1. The van der Waals surface area contributed by atoms with Gasteiger partial charge in [-0.3, -0.25) is 9.48 Å². The highest BCUT2D eigenvalue weighted by Crippen LogP contribution is 2.21. The van der Waals surface area contributed by atoms with Gasteiger partial charge >= 0.3 is 0 Å². The number of guanidine groups is 1. The van der Waals surface area contributed by atoms with Crippen molar-refractivity contribution in [3.8, 4) is 0 Å². The molecule has 1 aliphatic heterocycles. The van der Waals surface area contributed by atoms with Gasteiger partial charge in [0.05, 0.1) is 6.54 Å². The van der Waals surface area contributed by atoms with Gasteiger partial charge in [0.25, 0.3) is 0 Å². The average Bonchev–Trinajstić information content (AvgIpc) is 3.16. The Kier molecular flexibility index (Phi) is 10.0. The molecule has 0 radical (unpaired) electrons. The molecule has 9 heteroatoms. The van der Waals surface area contributed by atoms with Crippen LogP contribution < -0.4 is 10.6 Å². The summed E-state index contributed by atoms with van der Waals surface area (Å²) in [5.41, 5.74) is 1.38. The largest absolute Gasteiger partial charge is 0.357 e. The van der Waals surface area contributed by atoms with Crippen LogP contribution in [0.2, 0.25) is 0 Å². The van der Waals surface area contributed by atoms with Gasteiger partial charge in [-0.05, 0) is 37.7 Å². The smallest absolute Gasteiger partial charge is 0.241 e. The number of aryl methyl sites for hydroxylation is 1. The Labute approximate surface area is 195 Å². The number of aromatic nitrogens is 3. The van der Waals surface area contributed by atoms with Crippen LogP contribution in [-0.4, -0.2) is 57.7 Å². The first-order valence-corrected chi connectivity index (χ1v) is 10.3. The summed E-state index contributed by atoms with van der Waals surface area (Å²) in [4.78, 5) is 23.2. The van der Waals surface area contributed by atoms with E-state index in [1.165, 1.54) is 11.9 Å². The fourth-order valence-electron chi connectivity index (χ4n) is 3.56. The highest BCUT2D eigenvalue weighted by atomic mass is 127. The molecule has 30 heavy (non-hydrogen) atoms. The molecule has 1 saturated heterocycles. The van der Waals surface area contributed by atoms with E-state index in [1.807, 2.05) is 18.9 Å². The van der Waals surface area contributed by atoms with Crippen LogP contribution in [0.3, 0.4) is 0 Å². The highest BCUT2D eigenvalue weighted by molar-refractivity contribution is 14.0. The van der Waals surface area contributed by atoms with Crippen LogP contribution in [0, 0.1) is 5.92 Å². The Hall–Kier alpha value is -2.17. The number of amides is 1. The van der Waals surface area contributed by atoms with E-state index in [0.717, 1.165) is 44.7 Å². The molecule has 2 heterocycles. The van der Waals surface area contributed by atoms with Gasteiger partial charge in [-0.1, -0.05) is 30.3 Å². The van der Waals surface area contributed by atoms with E-state index in [-0.39, 0.29) is 36.4 Å². The lowest BCUT2D eigenvalue weighted by Crippen LogP contribution is -2.47. The highest BCUT2D eigenvalue weighted by Gasteiger charge is 2.22. The molecular formula is C21H32IN7O. The van der Waals surface area contributed by atoms with E-state index < -0.39 is 0 Å². The number of aliphatic imine (C=N–C) groups is 1. The van der Waals surface area contributed by atoms with Gasteiger partial charge in [0.15, 0.2) is 5.96 Å². The number of rotatable bonds is 7. The molecule has 3 rings (SSSR count). The number of nitrogens with one attached hydrogen (secondary N) is 2. The summed E-state index contributed by atoms with van der Waals surface area (Å²) in [6.45, 7) is 5.02. The van der Waals surface area contributed by atoms with Crippen LogP contribution in [0.4, 0.5) is 0 Å². The molecule has 0 aliphatic carbocycles. The third-order valence-electron chi connectivity index (χ3n) is 5.27. The lowest BCUT2D eigenvalue weighted by molar-refractivity contribution is -0.131. The predicted octanol–water partition coefficient (Wildman–Crippen LogP) is 1.97. The third kappa shape index (κ3) is 7.26. The fourth-order valence-corrected chi connectivity index (χ4v) is 3.56. The monoisotopic (exact) mass is 525 g/mol. The van der Waals surface area contributed by atoms with Gasteiger partial charge in [-0.25, -0.2) is 9.98 Å². The molecule has 1 aliphatic rings. The maximum absolute atomic E-state index is 12.6. The summed E-state index contributed by atoms with van der Waals surface area (Å²) in [5.74, 6) is 2.16. The standard InChI is InChI=1S/C21H31N7O.HI/c1-3-22-21(23-14-19-25-16-26-27(19)2)24-15-20(29)28-11-9-18(10-12-28)13-17-7-5-4-6-8-17;/h4-8,16,18H,3,9-15H2,1-2H3,(H2,22,23,24);1H. The van der Waals surface area contributed by atoms with Crippen molar-refractivity contribution in [1.82, 2.24) is 30.3 Å². The Bertz CT molecular complexity index is 801. The van der Waals surface area contributed by atoms with Gasteiger partial charge in [0.1, 0.15) is 18.7 Å². The summed E-state index contributed by atoms with van der Waals surface area (Å²) >= 11 is 0. The molecule has 1 aromatic carbocycles. The fraction of sp³-hybridized carbons (Fsp3) is 0.524. The number of likely N-dealkylation sites (tertiary alicyclic amines) is 1. The van der Waals surface area contributed by atoms with Crippen LogP contribution in [0.25, 0.3) is 0 Å². The van der Waals surface area contributed by atoms with Crippen LogP contribution in [0.1, 0.15) is 31.2 Å². The topological polar surface area (TPSA) is 87.4 Å². The molecule has 2 aromatic rings. The molecule has 8 nitrogen and oxygen atoms in total.